The van der Waals surface area contributed by atoms with Gasteiger partial charge in [-0.3, -0.25) is 4.57 Å². The highest BCUT2D eigenvalue weighted by atomic mass is 15.3. The van der Waals surface area contributed by atoms with Gasteiger partial charge in [0.15, 0.2) is 0 Å². The molecule has 0 saturated carbocycles. The third-order valence-corrected chi connectivity index (χ3v) is 2.73. The van der Waals surface area contributed by atoms with Gasteiger partial charge in [-0.05, 0) is 6.92 Å². The van der Waals surface area contributed by atoms with E-state index in [-0.39, 0.29) is 12.0 Å². The van der Waals surface area contributed by atoms with Crippen molar-refractivity contribution >= 4 is 11.9 Å². The van der Waals surface area contributed by atoms with E-state index in [0.29, 0.717) is 18.3 Å². The van der Waals surface area contributed by atoms with Gasteiger partial charge in [-0.15, -0.1) is 0 Å². The molecular weight excluding hydrogens is 244 g/mol. The van der Waals surface area contributed by atoms with E-state index < -0.39 is 0 Å². The van der Waals surface area contributed by atoms with Gasteiger partial charge >= 0.3 is 0 Å². The van der Waals surface area contributed by atoms with Crippen LogP contribution in [-0.4, -0.2) is 37.6 Å². The molecule has 0 amide bonds. The van der Waals surface area contributed by atoms with E-state index in [0.717, 1.165) is 0 Å². The molecule has 1 unspecified atom stereocenters. The Hall–Kier alpha value is -2.69. The number of imidazole rings is 1. The van der Waals surface area contributed by atoms with Gasteiger partial charge in [0.25, 0.3) is 0 Å². The summed E-state index contributed by atoms with van der Waals surface area (Å²) in [6, 6.07) is 2.10. The number of nitrogens with zero attached hydrogens (tertiary/aromatic N) is 7. The van der Waals surface area contributed by atoms with Crippen LogP contribution in [0, 0.1) is 11.3 Å². The average Bonchev–Trinajstić information content (AvgIpc) is 2.91. The van der Waals surface area contributed by atoms with Crippen molar-refractivity contribution < 1.29 is 0 Å². The first kappa shape index (κ1) is 12.8. The van der Waals surface area contributed by atoms with Crippen LogP contribution < -0.4 is 10.6 Å². The Balaban J connectivity index is 2.34. The highest BCUT2D eigenvalue weighted by Gasteiger charge is 2.15. The topological polar surface area (TPSA) is 110 Å². The molecule has 1 atom stereocenters. The van der Waals surface area contributed by atoms with Crippen LogP contribution in [0.15, 0.2) is 18.7 Å². The van der Waals surface area contributed by atoms with Crippen LogP contribution in [0.1, 0.15) is 13.3 Å². The summed E-state index contributed by atoms with van der Waals surface area (Å²) in [5, 5.41) is 8.72. The van der Waals surface area contributed by atoms with Crippen LogP contribution >= 0.6 is 0 Å². The molecule has 19 heavy (non-hydrogen) atoms. The number of hydrogen-bond donors (Lipinski definition) is 1. The summed E-state index contributed by atoms with van der Waals surface area (Å²) in [5.74, 6) is 0.958. The quantitative estimate of drug-likeness (QED) is 0.843. The summed E-state index contributed by atoms with van der Waals surface area (Å²) in [6.07, 6.45) is 5.30. The van der Waals surface area contributed by atoms with E-state index in [2.05, 4.69) is 26.0 Å². The lowest BCUT2D eigenvalue weighted by Crippen LogP contribution is -2.30. The van der Waals surface area contributed by atoms with Crippen LogP contribution in [-0.2, 0) is 0 Å². The lowest BCUT2D eigenvalue weighted by atomic mass is 10.2. The predicted molar refractivity (Wildman–Crippen MR) is 69.5 cm³/mol. The zero-order valence-electron chi connectivity index (χ0n) is 10.7. The van der Waals surface area contributed by atoms with Gasteiger partial charge in [0, 0.05) is 25.5 Å². The molecular formula is C11H14N8. The highest BCUT2D eigenvalue weighted by molar-refractivity contribution is 5.38. The maximum Gasteiger partial charge on any atom is 0.241 e. The number of hydrogen-bond acceptors (Lipinski definition) is 7. The van der Waals surface area contributed by atoms with Gasteiger partial charge in [-0.1, -0.05) is 0 Å². The predicted octanol–water partition coefficient (Wildman–Crippen LogP) is 0.378. The minimum atomic E-state index is -0.0116. The second-order valence-electron chi connectivity index (χ2n) is 4.09. The second kappa shape index (κ2) is 5.30. The monoisotopic (exact) mass is 258 g/mol. The smallest absolute Gasteiger partial charge is 0.241 e. The van der Waals surface area contributed by atoms with Crippen molar-refractivity contribution in [1.82, 2.24) is 24.5 Å². The number of nitrogen functional groups attached to an aromatic ring is 1. The third-order valence-electron chi connectivity index (χ3n) is 2.73. The first-order valence-electron chi connectivity index (χ1n) is 5.71. The Morgan fingerprint density at radius 1 is 1.47 bits per heavy atom. The molecule has 0 aliphatic heterocycles. The molecule has 98 valence electrons. The molecule has 2 rings (SSSR count). The summed E-state index contributed by atoms with van der Waals surface area (Å²) in [5.41, 5.74) is 5.69. The maximum atomic E-state index is 8.72. The SMILES string of the molecule is CC(CC#N)N(C)c1nc(N)nc(-n2ccnc2)n1. The maximum absolute atomic E-state index is 8.72. The van der Waals surface area contributed by atoms with Crippen molar-refractivity contribution in [3.63, 3.8) is 0 Å². The van der Waals surface area contributed by atoms with Crippen molar-refractivity contribution in [2.24, 2.45) is 0 Å². The number of aromatic nitrogens is 5. The summed E-state index contributed by atoms with van der Waals surface area (Å²) >= 11 is 0. The van der Waals surface area contributed by atoms with Gasteiger partial charge in [0.2, 0.25) is 17.8 Å². The van der Waals surface area contributed by atoms with Crippen LogP contribution in [0.5, 0.6) is 0 Å². The average molecular weight is 258 g/mol. The summed E-state index contributed by atoms with van der Waals surface area (Å²) in [6.45, 7) is 1.92. The molecule has 0 aliphatic carbocycles. The minimum Gasteiger partial charge on any atom is -0.368 e. The number of rotatable bonds is 4. The lowest BCUT2D eigenvalue weighted by molar-refractivity contribution is 0.679. The van der Waals surface area contributed by atoms with E-state index in [1.807, 2.05) is 14.0 Å². The van der Waals surface area contributed by atoms with Crippen molar-refractivity contribution in [2.75, 3.05) is 17.7 Å². The molecule has 2 heterocycles. The fourth-order valence-corrected chi connectivity index (χ4v) is 1.49. The molecule has 0 spiro atoms. The van der Waals surface area contributed by atoms with Crippen LogP contribution in [0.2, 0.25) is 0 Å². The molecule has 0 aliphatic rings. The molecule has 0 saturated heterocycles. The van der Waals surface area contributed by atoms with Crippen LogP contribution in [0.25, 0.3) is 5.95 Å². The normalized spacial score (nSPS) is 11.8. The van der Waals surface area contributed by atoms with E-state index in [1.165, 1.54) is 0 Å². The van der Waals surface area contributed by atoms with Crippen molar-refractivity contribution in [1.29, 1.82) is 5.26 Å². The molecule has 0 radical (unpaired) electrons. The zero-order chi connectivity index (χ0) is 13.8. The van der Waals surface area contributed by atoms with E-state index >= 15 is 0 Å². The molecule has 2 aromatic rings. The Morgan fingerprint density at radius 2 is 2.26 bits per heavy atom. The van der Waals surface area contributed by atoms with Crippen LogP contribution in [0.3, 0.4) is 0 Å². The van der Waals surface area contributed by atoms with Gasteiger partial charge < -0.3 is 10.6 Å². The summed E-state index contributed by atoms with van der Waals surface area (Å²) < 4.78 is 1.64. The second-order valence-corrected chi connectivity index (χ2v) is 4.09. The fraction of sp³-hybridized carbons (Fsp3) is 0.364. The van der Waals surface area contributed by atoms with Gasteiger partial charge in [0.1, 0.15) is 6.33 Å². The van der Waals surface area contributed by atoms with Crippen molar-refractivity contribution in [2.45, 2.75) is 19.4 Å². The van der Waals surface area contributed by atoms with Gasteiger partial charge in [-0.2, -0.15) is 20.2 Å². The summed E-state index contributed by atoms with van der Waals surface area (Å²) in [7, 11) is 1.81. The van der Waals surface area contributed by atoms with E-state index in [1.54, 1.807) is 28.2 Å². The molecule has 8 heteroatoms. The largest absolute Gasteiger partial charge is 0.368 e. The Kier molecular flexibility index (Phi) is 3.56. The highest BCUT2D eigenvalue weighted by Crippen LogP contribution is 2.13. The molecule has 2 aromatic heterocycles. The van der Waals surface area contributed by atoms with Crippen LogP contribution in [0.4, 0.5) is 11.9 Å². The van der Waals surface area contributed by atoms with E-state index in [4.69, 9.17) is 11.0 Å². The van der Waals surface area contributed by atoms with Gasteiger partial charge in [-0.25, -0.2) is 4.98 Å². The molecule has 0 aromatic carbocycles. The third kappa shape index (κ3) is 2.77. The zero-order valence-corrected chi connectivity index (χ0v) is 10.7. The molecule has 2 N–H and O–H groups in total. The summed E-state index contributed by atoms with van der Waals surface area (Å²) in [4.78, 5) is 18.2. The minimum absolute atomic E-state index is 0.0116. The Labute approximate surface area is 110 Å². The fourth-order valence-electron chi connectivity index (χ4n) is 1.49. The molecule has 0 fully saturated rings. The molecule has 0 bridgehead atoms. The Morgan fingerprint density at radius 3 is 2.89 bits per heavy atom. The lowest BCUT2D eigenvalue weighted by Gasteiger charge is -2.23. The number of nitrogens with two attached hydrogens (primary N) is 1. The number of anilines is 2. The first-order chi connectivity index (χ1) is 9.11. The Bertz CT molecular complexity index is 585. The number of nitriles is 1. The molecule has 8 nitrogen and oxygen atoms in total. The standard InChI is InChI=1S/C11H14N8/c1-8(3-4-12)18(2)10-15-9(13)16-11(17-10)19-6-5-14-7-19/h5-8H,3H2,1-2H3,(H2,13,15,16,17). The van der Waals surface area contributed by atoms with Gasteiger partial charge in [0.05, 0.1) is 12.5 Å². The van der Waals surface area contributed by atoms with Crippen molar-refractivity contribution in [3.8, 4) is 12.0 Å². The van der Waals surface area contributed by atoms with Crippen molar-refractivity contribution in [3.05, 3.63) is 18.7 Å². The van der Waals surface area contributed by atoms with E-state index in [9.17, 15) is 0 Å². The first-order valence-corrected chi connectivity index (χ1v) is 5.71.